The summed E-state index contributed by atoms with van der Waals surface area (Å²) in [6.07, 6.45) is 4.79. The van der Waals surface area contributed by atoms with E-state index < -0.39 is 5.54 Å². The maximum Gasteiger partial charge on any atom is 0.240 e. The number of hydrogen-bond acceptors (Lipinski definition) is 2. The number of nitrogens with two attached hydrogens (primary N) is 1. The zero-order valence-electron chi connectivity index (χ0n) is 12.2. The maximum absolute atomic E-state index is 12.0. The van der Waals surface area contributed by atoms with E-state index in [1.54, 1.807) is 0 Å². The van der Waals surface area contributed by atoms with E-state index in [0.717, 1.165) is 18.8 Å². The fraction of sp³-hybridized carbons (Fsp3) is 0.929. The molecule has 3 heteroatoms. The van der Waals surface area contributed by atoms with Gasteiger partial charge in [-0.25, -0.2) is 0 Å². The Labute approximate surface area is 107 Å². The molecule has 0 aliphatic heterocycles. The molecule has 0 spiro atoms. The number of nitrogens with one attached hydrogen (secondary N) is 1. The van der Waals surface area contributed by atoms with E-state index in [1.807, 2.05) is 13.8 Å². The normalized spacial score (nSPS) is 13.8. The Morgan fingerprint density at radius 1 is 1.18 bits per heavy atom. The predicted molar refractivity (Wildman–Crippen MR) is 73.8 cm³/mol. The Kier molecular flexibility index (Phi) is 7.44. The Balaban J connectivity index is 4.03. The first-order chi connectivity index (χ1) is 7.85. The summed E-state index contributed by atoms with van der Waals surface area (Å²) in [6, 6.07) is 0.224. The molecule has 0 radical (unpaired) electrons. The Morgan fingerprint density at radius 2 is 1.71 bits per heavy atom. The van der Waals surface area contributed by atoms with E-state index in [1.165, 1.54) is 6.42 Å². The van der Waals surface area contributed by atoms with Gasteiger partial charge in [-0.1, -0.05) is 40.5 Å². The molecule has 0 rings (SSSR count). The lowest BCUT2D eigenvalue weighted by Gasteiger charge is -2.27. The van der Waals surface area contributed by atoms with E-state index in [2.05, 4.69) is 26.1 Å². The highest BCUT2D eigenvalue weighted by Gasteiger charge is 2.30. The van der Waals surface area contributed by atoms with Gasteiger partial charge in [0.15, 0.2) is 0 Å². The average Bonchev–Trinajstić information content (AvgIpc) is 2.27. The van der Waals surface area contributed by atoms with Crippen LogP contribution in [0.15, 0.2) is 0 Å². The van der Waals surface area contributed by atoms with Gasteiger partial charge in [-0.2, -0.15) is 0 Å². The van der Waals surface area contributed by atoms with Gasteiger partial charge in [-0.3, -0.25) is 4.79 Å². The molecule has 1 atom stereocenters. The van der Waals surface area contributed by atoms with Crippen LogP contribution in [0.4, 0.5) is 0 Å². The monoisotopic (exact) mass is 242 g/mol. The third kappa shape index (κ3) is 6.06. The molecular formula is C14H30N2O. The molecule has 0 saturated heterocycles. The van der Waals surface area contributed by atoms with Gasteiger partial charge < -0.3 is 11.1 Å². The van der Waals surface area contributed by atoms with Crippen LogP contribution >= 0.6 is 0 Å². The zero-order chi connectivity index (χ0) is 13.5. The lowest BCUT2D eigenvalue weighted by molar-refractivity contribution is -0.127. The molecule has 17 heavy (non-hydrogen) atoms. The molecule has 102 valence electrons. The van der Waals surface area contributed by atoms with E-state index in [9.17, 15) is 4.79 Å². The summed E-state index contributed by atoms with van der Waals surface area (Å²) in [5, 5.41) is 3.03. The summed E-state index contributed by atoms with van der Waals surface area (Å²) in [5.41, 5.74) is 5.37. The van der Waals surface area contributed by atoms with E-state index >= 15 is 0 Å². The first kappa shape index (κ1) is 16.4. The van der Waals surface area contributed by atoms with Gasteiger partial charge in [-0.05, 0) is 32.1 Å². The largest absolute Gasteiger partial charge is 0.352 e. The molecule has 0 heterocycles. The second-order valence-electron chi connectivity index (χ2n) is 5.56. The van der Waals surface area contributed by atoms with E-state index in [0.29, 0.717) is 12.8 Å². The number of rotatable bonds is 8. The van der Waals surface area contributed by atoms with Crippen LogP contribution in [0.5, 0.6) is 0 Å². The predicted octanol–water partition coefficient (Wildman–Crippen LogP) is 2.83. The summed E-state index contributed by atoms with van der Waals surface area (Å²) in [7, 11) is 0. The van der Waals surface area contributed by atoms with E-state index in [4.69, 9.17) is 5.73 Å². The van der Waals surface area contributed by atoms with Gasteiger partial charge in [0.1, 0.15) is 0 Å². The summed E-state index contributed by atoms with van der Waals surface area (Å²) < 4.78 is 0. The highest BCUT2D eigenvalue weighted by molar-refractivity contribution is 5.86. The van der Waals surface area contributed by atoms with E-state index in [-0.39, 0.29) is 11.9 Å². The van der Waals surface area contributed by atoms with Crippen molar-refractivity contribution < 1.29 is 4.79 Å². The fourth-order valence-electron chi connectivity index (χ4n) is 1.84. The van der Waals surface area contributed by atoms with Crippen LogP contribution in [-0.2, 0) is 4.79 Å². The van der Waals surface area contributed by atoms with Gasteiger partial charge in [0.25, 0.3) is 0 Å². The van der Waals surface area contributed by atoms with Gasteiger partial charge in [0, 0.05) is 6.04 Å². The standard InChI is InChI=1S/C14H30N2O/c1-6-14(15,7-2)13(17)16-12(5)10-8-9-11(3)4/h11-12H,6-10,15H2,1-5H3,(H,16,17). The van der Waals surface area contributed by atoms with Gasteiger partial charge in [-0.15, -0.1) is 0 Å². The quantitative estimate of drug-likeness (QED) is 0.687. The van der Waals surface area contributed by atoms with Crippen molar-refractivity contribution >= 4 is 5.91 Å². The van der Waals surface area contributed by atoms with Gasteiger partial charge in [0.05, 0.1) is 5.54 Å². The molecule has 0 aromatic heterocycles. The number of amides is 1. The first-order valence-electron chi connectivity index (χ1n) is 6.95. The van der Waals surface area contributed by atoms with Gasteiger partial charge >= 0.3 is 0 Å². The molecule has 0 saturated carbocycles. The van der Waals surface area contributed by atoms with Crippen LogP contribution in [0, 0.1) is 5.92 Å². The average molecular weight is 242 g/mol. The molecule has 1 unspecified atom stereocenters. The molecular weight excluding hydrogens is 212 g/mol. The number of hydrogen-bond donors (Lipinski definition) is 2. The van der Waals surface area contributed by atoms with Crippen molar-refractivity contribution in [3.8, 4) is 0 Å². The Bertz CT molecular complexity index is 222. The van der Waals surface area contributed by atoms with Crippen molar-refractivity contribution in [2.75, 3.05) is 0 Å². The molecule has 0 bridgehead atoms. The van der Waals surface area contributed by atoms with Crippen molar-refractivity contribution in [2.24, 2.45) is 11.7 Å². The first-order valence-corrected chi connectivity index (χ1v) is 6.95. The highest BCUT2D eigenvalue weighted by atomic mass is 16.2. The summed E-state index contributed by atoms with van der Waals surface area (Å²) in [5.74, 6) is 0.734. The highest BCUT2D eigenvalue weighted by Crippen LogP contribution is 2.13. The Morgan fingerprint density at radius 3 is 2.12 bits per heavy atom. The second kappa shape index (κ2) is 7.70. The number of carbonyl (C=O) groups excluding carboxylic acids is 1. The molecule has 0 aliphatic carbocycles. The van der Waals surface area contributed by atoms with Crippen LogP contribution in [0.1, 0.15) is 66.7 Å². The van der Waals surface area contributed by atoms with Crippen LogP contribution in [-0.4, -0.2) is 17.5 Å². The zero-order valence-corrected chi connectivity index (χ0v) is 12.2. The second-order valence-corrected chi connectivity index (χ2v) is 5.56. The van der Waals surface area contributed by atoms with Crippen LogP contribution in [0.3, 0.4) is 0 Å². The summed E-state index contributed by atoms with van der Waals surface area (Å²) in [6.45, 7) is 10.4. The lowest BCUT2D eigenvalue weighted by Crippen LogP contribution is -2.55. The van der Waals surface area contributed by atoms with Crippen LogP contribution in [0.25, 0.3) is 0 Å². The molecule has 3 N–H and O–H groups in total. The third-order valence-corrected chi connectivity index (χ3v) is 3.51. The minimum Gasteiger partial charge on any atom is -0.352 e. The minimum atomic E-state index is -0.688. The fourth-order valence-corrected chi connectivity index (χ4v) is 1.84. The van der Waals surface area contributed by atoms with Crippen LogP contribution in [0.2, 0.25) is 0 Å². The molecule has 1 amide bonds. The smallest absolute Gasteiger partial charge is 0.240 e. The van der Waals surface area contributed by atoms with Crippen molar-refractivity contribution in [2.45, 2.75) is 78.3 Å². The molecule has 0 aliphatic rings. The summed E-state index contributed by atoms with van der Waals surface area (Å²) in [4.78, 5) is 12.0. The lowest BCUT2D eigenvalue weighted by atomic mass is 9.92. The molecule has 0 aromatic rings. The maximum atomic E-state index is 12.0. The molecule has 3 nitrogen and oxygen atoms in total. The van der Waals surface area contributed by atoms with Crippen LogP contribution < -0.4 is 11.1 Å². The minimum absolute atomic E-state index is 0.000420. The number of carbonyl (C=O) groups is 1. The molecule has 0 fully saturated rings. The van der Waals surface area contributed by atoms with Crippen molar-refractivity contribution in [3.63, 3.8) is 0 Å². The van der Waals surface area contributed by atoms with Gasteiger partial charge in [0.2, 0.25) is 5.91 Å². The van der Waals surface area contributed by atoms with Crippen molar-refractivity contribution in [3.05, 3.63) is 0 Å². The summed E-state index contributed by atoms with van der Waals surface area (Å²) >= 11 is 0. The van der Waals surface area contributed by atoms with Crippen molar-refractivity contribution in [1.29, 1.82) is 0 Å². The topological polar surface area (TPSA) is 55.1 Å². The van der Waals surface area contributed by atoms with Crippen molar-refractivity contribution in [1.82, 2.24) is 5.32 Å². The molecule has 0 aromatic carbocycles. The Hall–Kier alpha value is -0.570. The third-order valence-electron chi connectivity index (χ3n) is 3.51. The SMILES string of the molecule is CCC(N)(CC)C(=O)NC(C)CCCC(C)C.